The van der Waals surface area contributed by atoms with Crippen molar-refractivity contribution in [3.63, 3.8) is 0 Å². The molecule has 0 unspecified atom stereocenters. The molecule has 0 aliphatic heterocycles. The van der Waals surface area contributed by atoms with E-state index in [9.17, 15) is 8.78 Å². The summed E-state index contributed by atoms with van der Waals surface area (Å²) >= 11 is 0. The Labute approximate surface area is 106 Å². The van der Waals surface area contributed by atoms with Gasteiger partial charge in [0, 0.05) is 12.5 Å². The van der Waals surface area contributed by atoms with Crippen LogP contribution in [0.5, 0.6) is 5.88 Å². The fourth-order valence-corrected chi connectivity index (χ4v) is 1.36. The van der Waals surface area contributed by atoms with Gasteiger partial charge in [-0.05, 0) is 6.92 Å². The second-order valence-electron chi connectivity index (χ2n) is 5.03. The number of hydrogen-bond donors (Lipinski definition) is 1. The number of aromatic nitrogens is 2. The maximum absolute atomic E-state index is 12.2. The van der Waals surface area contributed by atoms with Gasteiger partial charge in [0.1, 0.15) is 11.6 Å². The van der Waals surface area contributed by atoms with E-state index < -0.39 is 13.0 Å². The molecule has 0 spiro atoms. The van der Waals surface area contributed by atoms with Gasteiger partial charge in [-0.3, -0.25) is 0 Å². The lowest BCUT2D eigenvalue weighted by Gasteiger charge is -2.20. The largest absolute Gasteiger partial charge is 0.471 e. The minimum absolute atomic E-state index is 0.208. The van der Waals surface area contributed by atoms with Gasteiger partial charge in [0.2, 0.25) is 5.88 Å². The van der Waals surface area contributed by atoms with E-state index >= 15 is 0 Å². The molecule has 1 aromatic rings. The van der Waals surface area contributed by atoms with Crippen molar-refractivity contribution >= 4 is 5.82 Å². The fraction of sp³-hybridized carbons (Fsp3) is 0.667. The molecule has 0 radical (unpaired) electrons. The number of nitrogens with one attached hydrogen (secondary N) is 1. The fourth-order valence-electron chi connectivity index (χ4n) is 1.36. The van der Waals surface area contributed by atoms with Gasteiger partial charge in [-0.2, -0.15) is 4.98 Å². The van der Waals surface area contributed by atoms with Gasteiger partial charge >= 0.3 is 0 Å². The number of ether oxygens (including phenoxy) is 1. The smallest absolute Gasteiger partial charge is 0.272 e. The molecule has 0 atom stereocenters. The van der Waals surface area contributed by atoms with Crippen molar-refractivity contribution in [1.82, 2.24) is 9.97 Å². The van der Waals surface area contributed by atoms with Crippen molar-refractivity contribution in [3.05, 3.63) is 11.4 Å². The lowest BCUT2D eigenvalue weighted by Crippen LogP contribution is -2.19. The maximum atomic E-state index is 12.2. The van der Waals surface area contributed by atoms with Gasteiger partial charge < -0.3 is 10.1 Å². The summed E-state index contributed by atoms with van der Waals surface area (Å²) in [5.41, 5.74) is 0.355. The van der Waals surface area contributed by atoms with Crippen LogP contribution >= 0.6 is 0 Å². The Kier molecular flexibility index (Phi) is 4.43. The van der Waals surface area contributed by atoms with E-state index in [0.29, 0.717) is 17.2 Å². The molecular weight excluding hydrogens is 240 g/mol. The average molecular weight is 259 g/mol. The van der Waals surface area contributed by atoms with Crippen LogP contribution in [0.15, 0.2) is 0 Å². The number of halogens is 2. The molecule has 1 heterocycles. The monoisotopic (exact) mass is 259 g/mol. The lowest BCUT2D eigenvalue weighted by atomic mass is 9.95. The van der Waals surface area contributed by atoms with Crippen LogP contribution in [0.2, 0.25) is 0 Å². The second-order valence-corrected chi connectivity index (χ2v) is 5.03. The quantitative estimate of drug-likeness (QED) is 0.903. The molecule has 0 aliphatic rings. The molecule has 18 heavy (non-hydrogen) atoms. The van der Waals surface area contributed by atoms with Crippen LogP contribution in [-0.4, -0.2) is 30.0 Å². The van der Waals surface area contributed by atoms with Crippen molar-refractivity contribution < 1.29 is 13.5 Å². The van der Waals surface area contributed by atoms with Crippen molar-refractivity contribution in [1.29, 1.82) is 0 Å². The second kappa shape index (κ2) is 5.46. The molecule has 6 heteroatoms. The molecule has 0 saturated carbocycles. The highest BCUT2D eigenvalue weighted by Crippen LogP contribution is 2.27. The van der Waals surface area contributed by atoms with Crippen LogP contribution in [0.3, 0.4) is 0 Å². The first kappa shape index (κ1) is 14.6. The average Bonchev–Trinajstić information content (AvgIpc) is 2.26. The van der Waals surface area contributed by atoms with Crippen LogP contribution < -0.4 is 10.1 Å². The summed E-state index contributed by atoms with van der Waals surface area (Å²) in [7, 11) is 1.72. The number of alkyl halides is 2. The zero-order valence-electron chi connectivity index (χ0n) is 11.3. The lowest BCUT2D eigenvalue weighted by molar-refractivity contribution is 0.0789. The Balaban J connectivity index is 3.15. The molecule has 102 valence electrons. The van der Waals surface area contributed by atoms with Crippen LogP contribution in [-0.2, 0) is 5.41 Å². The normalized spacial score (nSPS) is 11.8. The molecule has 0 amide bonds. The molecule has 1 rings (SSSR count). The number of anilines is 1. The first-order valence-corrected chi connectivity index (χ1v) is 5.73. The minimum Gasteiger partial charge on any atom is -0.471 e. The Morgan fingerprint density at radius 2 is 1.89 bits per heavy atom. The molecular formula is C12H19F2N3O. The number of nitrogens with zero attached hydrogens (tertiary/aromatic N) is 2. The Bertz CT molecular complexity index is 417. The molecule has 4 nitrogen and oxygen atoms in total. The number of rotatable bonds is 4. The highest BCUT2D eigenvalue weighted by molar-refractivity contribution is 5.48. The van der Waals surface area contributed by atoms with Crippen LogP contribution in [0.25, 0.3) is 0 Å². The van der Waals surface area contributed by atoms with Crippen LogP contribution in [0.1, 0.15) is 32.2 Å². The zero-order chi connectivity index (χ0) is 13.9. The predicted octanol–water partition coefficient (Wildman–Crippen LogP) is 2.77. The van der Waals surface area contributed by atoms with Gasteiger partial charge in [-0.1, -0.05) is 20.8 Å². The SMILES string of the molecule is CNc1nc(C(C)(C)C)nc(OCC(F)F)c1C. The highest BCUT2D eigenvalue weighted by atomic mass is 19.3. The molecule has 0 fully saturated rings. The molecule has 1 N–H and O–H groups in total. The van der Waals surface area contributed by atoms with Gasteiger partial charge in [0.25, 0.3) is 6.43 Å². The summed E-state index contributed by atoms with van der Waals surface area (Å²) in [5.74, 6) is 1.36. The van der Waals surface area contributed by atoms with Crippen molar-refractivity contribution in [3.8, 4) is 5.88 Å². The molecule has 1 aromatic heterocycles. The van der Waals surface area contributed by atoms with E-state index in [4.69, 9.17) is 4.74 Å². The summed E-state index contributed by atoms with van der Waals surface area (Å²) in [6.07, 6.45) is -2.52. The van der Waals surface area contributed by atoms with Gasteiger partial charge in [-0.15, -0.1) is 0 Å². The predicted molar refractivity (Wildman–Crippen MR) is 66.5 cm³/mol. The first-order chi connectivity index (χ1) is 8.25. The van der Waals surface area contributed by atoms with Gasteiger partial charge in [0.15, 0.2) is 6.61 Å². The van der Waals surface area contributed by atoms with Gasteiger partial charge in [-0.25, -0.2) is 13.8 Å². The van der Waals surface area contributed by atoms with E-state index in [-0.39, 0.29) is 11.3 Å². The Hall–Kier alpha value is -1.46. The van der Waals surface area contributed by atoms with Crippen LogP contribution in [0, 0.1) is 6.92 Å². The van der Waals surface area contributed by atoms with Gasteiger partial charge in [0.05, 0.1) is 5.56 Å². The maximum Gasteiger partial charge on any atom is 0.272 e. The van der Waals surface area contributed by atoms with E-state index in [0.717, 1.165) is 0 Å². The van der Waals surface area contributed by atoms with E-state index in [1.54, 1.807) is 14.0 Å². The summed E-state index contributed by atoms with van der Waals surface area (Å²) in [4.78, 5) is 8.58. The third kappa shape index (κ3) is 3.51. The van der Waals surface area contributed by atoms with Crippen molar-refractivity contribution in [2.75, 3.05) is 19.0 Å². The highest BCUT2D eigenvalue weighted by Gasteiger charge is 2.21. The van der Waals surface area contributed by atoms with Crippen molar-refractivity contribution in [2.45, 2.75) is 39.5 Å². The third-order valence-corrected chi connectivity index (χ3v) is 2.35. The summed E-state index contributed by atoms with van der Waals surface area (Å²) in [6.45, 7) is 6.93. The van der Waals surface area contributed by atoms with E-state index in [1.165, 1.54) is 0 Å². The van der Waals surface area contributed by atoms with E-state index in [2.05, 4.69) is 15.3 Å². The first-order valence-electron chi connectivity index (χ1n) is 5.73. The topological polar surface area (TPSA) is 47.0 Å². The summed E-state index contributed by atoms with van der Waals surface area (Å²) < 4.78 is 29.4. The molecule has 0 bridgehead atoms. The molecule has 0 saturated heterocycles. The summed E-state index contributed by atoms with van der Waals surface area (Å²) in [6, 6.07) is 0. The third-order valence-electron chi connectivity index (χ3n) is 2.35. The summed E-state index contributed by atoms with van der Waals surface area (Å²) in [5, 5.41) is 2.92. The Morgan fingerprint density at radius 3 is 2.33 bits per heavy atom. The Morgan fingerprint density at radius 1 is 1.28 bits per heavy atom. The van der Waals surface area contributed by atoms with Crippen LogP contribution in [0.4, 0.5) is 14.6 Å². The number of hydrogen-bond acceptors (Lipinski definition) is 4. The van der Waals surface area contributed by atoms with E-state index in [1.807, 2.05) is 20.8 Å². The molecule has 0 aliphatic carbocycles. The standard InChI is InChI=1S/C12H19F2N3O/c1-7-9(15-5)16-11(12(2,3)4)17-10(7)18-6-8(13)14/h8H,6H2,1-5H3,(H,15,16,17). The van der Waals surface area contributed by atoms with Crippen molar-refractivity contribution in [2.24, 2.45) is 0 Å². The molecule has 0 aromatic carbocycles. The minimum atomic E-state index is -2.52. The zero-order valence-corrected chi connectivity index (χ0v) is 11.3.